The van der Waals surface area contributed by atoms with Gasteiger partial charge in [0.15, 0.2) is 0 Å². The standard InChI is InChI=1S/C25H29ClN4O2/c1-3-29-12-4-5-22(29)16-30(25(32)27-21-9-7-20(26)8-10-21)15-19-14-18-13-17(2)6-11-23(18)28-24(19)31/h6-11,13-14,22H,3-5,12,15-16H2,1-2H3,(H,27,32)(H,28,31)/t22-/m0/s1. The van der Waals surface area contributed by atoms with Crippen LogP contribution in [0.15, 0.2) is 53.3 Å². The lowest BCUT2D eigenvalue weighted by atomic mass is 10.1. The monoisotopic (exact) mass is 452 g/mol. The molecule has 1 fully saturated rings. The van der Waals surface area contributed by atoms with E-state index in [1.165, 1.54) is 0 Å². The molecule has 0 unspecified atom stereocenters. The van der Waals surface area contributed by atoms with Crippen LogP contribution in [0, 0.1) is 6.92 Å². The van der Waals surface area contributed by atoms with E-state index in [0.717, 1.165) is 42.4 Å². The molecule has 6 nitrogen and oxygen atoms in total. The first-order valence-electron chi connectivity index (χ1n) is 11.1. The molecule has 1 aliphatic heterocycles. The van der Waals surface area contributed by atoms with Crippen molar-refractivity contribution in [2.24, 2.45) is 0 Å². The largest absolute Gasteiger partial charge is 0.322 e. The number of halogens is 1. The van der Waals surface area contributed by atoms with Crippen molar-refractivity contribution in [3.63, 3.8) is 0 Å². The molecular formula is C25H29ClN4O2. The fourth-order valence-corrected chi connectivity index (χ4v) is 4.55. The summed E-state index contributed by atoms with van der Waals surface area (Å²) in [6.45, 7) is 6.98. The van der Waals surface area contributed by atoms with Gasteiger partial charge in [0, 0.05) is 34.4 Å². The van der Waals surface area contributed by atoms with Gasteiger partial charge in [0.1, 0.15) is 0 Å². The summed E-state index contributed by atoms with van der Waals surface area (Å²) in [7, 11) is 0. The van der Waals surface area contributed by atoms with E-state index in [2.05, 4.69) is 22.1 Å². The molecule has 2 aromatic carbocycles. The molecule has 0 aliphatic carbocycles. The molecule has 2 N–H and O–H groups in total. The third-order valence-corrected chi connectivity index (χ3v) is 6.41. The lowest BCUT2D eigenvalue weighted by Gasteiger charge is -2.30. The minimum atomic E-state index is -0.223. The second-order valence-corrected chi connectivity index (χ2v) is 8.89. The molecule has 0 spiro atoms. The molecule has 1 atom stereocenters. The summed E-state index contributed by atoms with van der Waals surface area (Å²) in [5.74, 6) is 0. The fraction of sp³-hybridized carbons (Fsp3) is 0.360. The van der Waals surface area contributed by atoms with Crippen molar-refractivity contribution >= 4 is 34.2 Å². The molecule has 3 aromatic rings. The molecule has 0 saturated carbocycles. The number of aromatic amines is 1. The second-order valence-electron chi connectivity index (χ2n) is 8.46. The van der Waals surface area contributed by atoms with Crippen LogP contribution in [0.25, 0.3) is 10.9 Å². The summed E-state index contributed by atoms with van der Waals surface area (Å²) in [5.41, 5.74) is 3.01. The number of pyridine rings is 1. The van der Waals surface area contributed by atoms with Gasteiger partial charge in [0.25, 0.3) is 5.56 Å². The number of anilines is 1. The maximum Gasteiger partial charge on any atom is 0.322 e. The van der Waals surface area contributed by atoms with Crippen molar-refractivity contribution < 1.29 is 4.79 Å². The van der Waals surface area contributed by atoms with Gasteiger partial charge in [-0.15, -0.1) is 0 Å². The molecule has 0 bridgehead atoms. The maximum absolute atomic E-state index is 13.3. The predicted molar refractivity (Wildman–Crippen MR) is 130 cm³/mol. The topological polar surface area (TPSA) is 68.4 Å². The number of hydrogen-bond acceptors (Lipinski definition) is 3. The quantitative estimate of drug-likeness (QED) is 0.552. The van der Waals surface area contributed by atoms with Crippen molar-refractivity contribution in [2.75, 3.05) is 25.0 Å². The number of carbonyl (C=O) groups excluding carboxylic acids is 1. The number of likely N-dealkylation sites (N-methyl/N-ethyl adjacent to an activating group) is 1. The number of likely N-dealkylation sites (tertiary alicyclic amines) is 1. The SMILES string of the molecule is CCN1CCC[C@H]1CN(Cc1cc2cc(C)ccc2[nH]c1=O)C(=O)Nc1ccc(Cl)cc1. The van der Waals surface area contributed by atoms with Crippen LogP contribution in [-0.2, 0) is 6.54 Å². The Labute approximate surface area is 193 Å². The summed E-state index contributed by atoms with van der Waals surface area (Å²) in [4.78, 5) is 33.2. The van der Waals surface area contributed by atoms with Gasteiger partial charge in [-0.1, -0.05) is 30.2 Å². The number of amides is 2. The van der Waals surface area contributed by atoms with Gasteiger partial charge in [0.2, 0.25) is 0 Å². The molecule has 2 heterocycles. The van der Waals surface area contributed by atoms with Crippen LogP contribution in [0.5, 0.6) is 0 Å². The van der Waals surface area contributed by atoms with Crippen LogP contribution >= 0.6 is 11.6 Å². The third kappa shape index (κ3) is 5.14. The van der Waals surface area contributed by atoms with Crippen LogP contribution in [0.2, 0.25) is 5.02 Å². The Morgan fingerprint density at radius 3 is 2.75 bits per heavy atom. The first-order valence-corrected chi connectivity index (χ1v) is 11.5. The normalized spacial score (nSPS) is 16.4. The van der Waals surface area contributed by atoms with Crippen LogP contribution in [0.3, 0.4) is 0 Å². The Morgan fingerprint density at radius 2 is 2.00 bits per heavy atom. The van der Waals surface area contributed by atoms with Crippen LogP contribution < -0.4 is 10.9 Å². The Morgan fingerprint density at radius 1 is 1.22 bits per heavy atom. The zero-order chi connectivity index (χ0) is 22.7. The van der Waals surface area contributed by atoms with Crippen molar-refractivity contribution in [1.82, 2.24) is 14.8 Å². The van der Waals surface area contributed by atoms with E-state index in [1.54, 1.807) is 29.2 Å². The summed E-state index contributed by atoms with van der Waals surface area (Å²) < 4.78 is 0. The van der Waals surface area contributed by atoms with Gasteiger partial charge < -0.3 is 15.2 Å². The van der Waals surface area contributed by atoms with Crippen molar-refractivity contribution in [2.45, 2.75) is 39.3 Å². The van der Waals surface area contributed by atoms with Crippen LogP contribution in [0.1, 0.15) is 30.9 Å². The van der Waals surface area contributed by atoms with Crippen LogP contribution in [-0.4, -0.2) is 46.5 Å². The number of hydrogen-bond donors (Lipinski definition) is 2. The summed E-state index contributed by atoms with van der Waals surface area (Å²) in [5, 5.41) is 4.54. The molecule has 1 aromatic heterocycles. The maximum atomic E-state index is 13.3. The molecule has 168 valence electrons. The van der Waals surface area contributed by atoms with E-state index >= 15 is 0 Å². The lowest BCUT2D eigenvalue weighted by Crippen LogP contribution is -2.45. The van der Waals surface area contributed by atoms with E-state index in [9.17, 15) is 9.59 Å². The number of nitrogens with zero attached hydrogens (tertiary/aromatic N) is 2. The van der Waals surface area contributed by atoms with E-state index in [-0.39, 0.29) is 24.2 Å². The highest BCUT2D eigenvalue weighted by atomic mass is 35.5. The number of aryl methyl sites for hydroxylation is 1. The average Bonchev–Trinajstić information content (AvgIpc) is 3.22. The first-order chi connectivity index (χ1) is 15.4. The van der Waals surface area contributed by atoms with Gasteiger partial charge in [-0.25, -0.2) is 4.79 Å². The predicted octanol–water partition coefficient (Wildman–Crippen LogP) is 5.01. The summed E-state index contributed by atoms with van der Waals surface area (Å²) in [6.07, 6.45) is 2.17. The molecule has 0 radical (unpaired) electrons. The molecule has 7 heteroatoms. The lowest BCUT2D eigenvalue weighted by molar-refractivity contribution is 0.174. The Kier molecular flexibility index (Phi) is 6.82. The fourth-order valence-electron chi connectivity index (χ4n) is 4.42. The summed E-state index contributed by atoms with van der Waals surface area (Å²) in [6, 6.07) is 14.9. The van der Waals surface area contributed by atoms with Gasteiger partial charge in [0.05, 0.1) is 6.54 Å². The number of aromatic nitrogens is 1. The molecule has 1 aliphatic rings. The highest BCUT2D eigenvalue weighted by Gasteiger charge is 2.28. The highest BCUT2D eigenvalue weighted by Crippen LogP contribution is 2.21. The minimum absolute atomic E-state index is 0.163. The van der Waals surface area contributed by atoms with E-state index < -0.39 is 0 Å². The number of fused-ring (bicyclic) bond motifs is 1. The van der Waals surface area contributed by atoms with Gasteiger partial charge in [-0.2, -0.15) is 0 Å². The van der Waals surface area contributed by atoms with Crippen molar-refractivity contribution in [1.29, 1.82) is 0 Å². The van der Waals surface area contributed by atoms with Gasteiger partial charge in [-0.05, 0) is 80.7 Å². The molecular weight excluding hydrogens is 424 g/mol. The smallest absolute Gasteiger partial charge is 0.322 e. The number of H-pyrrole nitrogens is 1. The molecule has 1 saturated heterocycles. The summed E-state index contributed by atoms with van der Waals surface area (Å²) >= 11 is 5.97. The Balaban J connectivity index is 1.61. The van der Waals surface area contributed by atoms with Crippen molar-refractivity contribution in [3.8, 4) is 0 Å². The number of rotatable bonds is 6. The zero-order valence-electron chi connectivity index (χ0n) is 18.5. The van der Waals surface area contributed by atoms with Crippen LogP contribution in [0.4, 0.5) is 10.5 Å². The first kappa shape index (κ1) is 22.4. The highest BCUT2D eigenvalue weighted by molar-refractivity contribution is 6.30. The third-order valence-electron chi connectivity index (χ3n) is 6.16. The van der Waals surface area contributed by atoms with Crippen molar-refractivity contribution in [3.05, 3.63) is 75.0 Å². The van der Waals surface area contributed by atoms with E-state index in [4.69, 9.17) is 11.6 Å². The average molecular weight is 453 g/mol. The zero-order valence-corrected chi connectivity index (χ0v) is 19.3. The number of urea groups is 1. The number of benzene rings is 2. The van der Waals surface area contributed by atoms with Gasteiger partial charge in [-0.3, -0.25) is 9.69 Å². The molecule has 2 amide bonds. The number of nitrogens with one attached hydrogen (secondary N) is 2. The minimum Gasteiger partial charge on any atom is -0.322 e. The molecule has 4 rings (SSSR count). The number of carbonyl (C=O) groups is 1. The Bertz CT molecular complexity index is 1160. The van der Waals surface area contributed by atoms with Gasteiger partial charge >= 0.3 is 6.03 Å². The second kappa shape index (κ2) is 9.76. The van der Waals surface area contributed by atoms with E-state index in [0.29, 0.717) is 22.8 Å². The molecule has 32 heavy (non-hydrogen) atoms. The van der Waals surface area contributed by atoms with E-state index in [1.807, 2.05) is 31.2 Å². The Hall–Kier alpha value is -2.83.